The van der Waals surface area contributed by atoms with Crippen molar-refractivity contribution in [2.24, 2.45) is 0 Å². The molecule has 0 unspecified atom stereocenters. The third kappa shape index (κ3) is 7.96. The van der Waals surface area contributed by atoms with E-state index in [1.807, 2.05) is 19.0 Å². The largest absolute Gasteiger partial charge is 0.484 e. The predicted molar refractivity (Wildman–Crippen MR) is 89.8 cm³/mol. The second kappa shape index (κ2) is 8.85. The molecule has 0 fully saturated rings. The molecule has 0 atom stereocenters. The second-order valence-corrected chi connectivity index (χ2v) is 7.69. The number of sulfonamides is 1. The highest BCUT2D eigenvalue weighted by atomic mass is 32.2. The quantitative estimate of drug-likeness (QED) is 0.690. The molecule has 0 radical (unpaired) electrons. The molecule has 0 spiro atoms. The summed E-state index contributed by atoms with van der Waals surface area (Å²) < 4.78 is 29.4. The number of nitrogens with one attached hydrogen (secondary N) is 1. The Labute approximate surface area is 138 Å². The number of amides is 1. The molecular formula is C15H25N3O4S. The molecule has 0 heterocycles. The van der Waals surface area contributed by atoms with Crippen molar-refractivity contribution >= 4 is 15.9 Å². The van der Waals surface area contributed by atoms with Crippen molar-refractivity contribution in [1.29, 1.82) is 0 Å². The van der Waals surface area contributed by atoms with E-state index >= 15 is 0 Å². The molecule has 0 bridgehead atoms. The SMILES string of the molecule is CN(C)CCNC(=O)COc1ccc(CN(C)S(C)(=O)=O)cc1. The average molecular weight is 343 g/mol. The topological polar surface area (TPSA) is 79.0 Å². The van der Waals surface area contributed by atoms with Crippen LogP contribution in [0.1, 0.15) is 5.56 Å². The van der Waals surface area contributed by atoms with Gasteiger partial charge in [0.25, 0.3) is 5.91 Å². The Hall–Kier alpha value is -1.64. The first kappa shape index (κ1) is 19.4. The molecule has 1 aromatic carbocycles. The lowest BCUT2D eigenvalue weighted by atomic mass is 10.2. The van der Waals surface area contributed by atoms with Crippen molar-refractivity contribution in [2.45, 2.75) is 6.54 Å². The van der Waals surface area contributed by atoms with E-state index in [-0.39, 0.29) is 12.5 Å². The monoisotopic (exact) mass is 343 g/mol. The number of ether oxygens (including phenoxy) is 1. The number of carbonyl (C=O) groups excluding carboxylic acids is 1. The fraction of sp³-hybridized carbons (Fsp3) is 0.533. The summed E-state index contributed by atoms with van der Waals surface area (Å²) in [5.74, 6) is 0.395. The van der Waals surface area contributed by atoms with Gasteiger partial charge in [0.05, 0.1) is 6.26 Å². The Morgan fingerprint density at radius 3 is 2.30 bits per heavy atom. The lowest BCUT2D eigenvalue weighted by molar-refractivity contribution is -0.123. The molecule has 0 saturated carbocycles. The summed E-state index contributed by atoms with van der Waals surface area (Å²) in [6.45, 7) is 1.60. The molecule has 0 aliphatic heterocycles. The summed E-state index contributed by atoms with van der Waals surface area (Å²) in [7, 11) is 2.20. The fourth-order valence-corrected chi connectivity index (χ4v) is 2.07. The summed E-state index contributed by atoms with van der Waals surface area (Å²) in [6.07, 6.45) is 1.17. The van der Waals surface area contributed by atoms with E-state index in [9.17, 15) is 13.2 Å². The van der Waals surface area contributed by atoms with Crippen LogP contribution in [0, 0.1) is 0 Å². The Morgan fingerprint density at radius 1 is 1.17 bits per heavy atom. The number of carbonyl (C=O) groups is 1. The van der Waals surface area contributed by atoms with Gasteiger partial charge in [0, 0.05) is 26.7 Å². The summed E-state index contributed by atoms with van der Waals surface area (Å²) >= 11 is 0. The molecule has 0 aliphatic carbocycles. The molecule has 8 heteroatoms. The van der Waals surface area contributed by atoms with Crippen LogP contribution in [-0.4, -0.2) is 70.6 Å². The Bertz CT molecular complexity index is 600. The maximum absolute atomic E-state index is 11.6. The molecule has 0 aliphatic rings. The van der Waals surface area contributed by atoms with Gasteiger partial charge in [-0.05, 0) is 31.8 Å². The highest BCUT2D eigenvalue weighted by Gasteiger charge is 2.11. The number of hydrogen-bond donors (Lipinski definition) is 1. The third-order valence-corrected chi connectivity index (χ3v) is 4.41. The van der Waals surface area contributed by atoms with E-state index < -0.39 is 10.0 Å². The molecular weight excluding hydrogens is 318 g/mol. The van der Waals surface area contributed by atoms with Gasteiger partial charge in [0.1, 0.15) is 5.75 Å². The molecule has 1 rings (SSSR count). The summed E-state index contributed by atoms with van der Waals surface area (Å²) in [5.41, 5.74) is 0.848. The molecule has 0 saturated heterocycles. The highest BCUT2D eigenvalue weighted by Crippen LogP contribution is 2.14. The van der Waals surface area contributed by atoms with E-state index in [2.05, 4.69) is 5.32 Å². The first-order valence-corrected chi connectivity index (χ1v) is 9.08. The zero-order valence-electron chi connectivity index (χ0n) is 14.1. The van der Waals surface area contributed by atoms with Crippen LogP contribution in [0.4, 0.5) is 0 Å². The van der Waals surface area contributed by atoms with Crippen molar-refractivity contribution in [2.75, 3.05) is 47.1 Å². The third-order valence-electron chi connectivity index (χ3n) is 3.15. The van der Waals surface area contributed by atoms with Crippen LogP contribution >= 0.6 is 0 Å². The van der Waals surface area contributed by atoms with Gasteiger partial charge in [-0.2, -0.15) is 0 Å². The first-order chi connectivity index (χ1) is 10.7. The Balaban J connectivity index is 2.41. The van der Waals surface area contributed by atoms with Gasteiger partial charge >= 0.3 is 0 Å². The average Bonchev–Trinajstić information content (AvgIpc) is 2.45. The molecule has 0 aromatic heterocycles. The smallest absolute Gasteiger partial charge is 0.257 e. The summed E-state index contributed by atoms with van der Waals surface area (Å²) in [4.78, 5) is 13.6. The van der Waals surface area contributed by atoms with Crippen LogP contribution in [0.3, 0.4) is 0 Å². The van der Waals surface area contributed by atoms with Gasteiger partial charge in [-0.3, -0.25) is 4.79 Å². The number of rotatable bonds is 9. The molecule has 1 aromatic rings. The van der Waals surface area contributed by atoms with E-state index in [4.69, 9.17) is 4.74 Å². The van der Waals surface area contributed by atoms with Crippen molar-refractivity contribution in [1.82, 2.24) is 14.5 Å². The second-order valence-electron chi connectivity index (χ2n) is 5.60. The lowest BCUT2D eigenvalue weighted by Gasteiger charge is -2.14. The highest BCUT2D eigenvalue weighted by molar-refractivity contribution is 7.88. The van der Waals surface area contributed by atoms with Gasteiger partial charge in [0.2, 0.25) is 10.0 Å². The molecule has 23 heavy (non-hydrogen) atoms. The van der Waals surface area contributed by atoms with Crippen LogP contribution in [0.2, 0.25) is 0 Å². The Morgan fingerprint density at radius 2 is 1.78 bits per heavy atom. The standard InChI is InChI=1S/C15H25N3O4S/c1-17(2)10-9-16-15(19)12-22-14-7-5-13(6-8-14)11-18(3)23(4,20)21/h5-8H,9-12H2,1-4H3,(H,16,19). The fourth-order valence-electron chi connectivity index (χ4n) is 1.68. The number of nitrogens with zero attached hydrogens (tertiary/aromatic N) is 2. The minimum absolute atomic E-state index is 0.0456. The molecule has 1 amide bonds. The number of likely N-dealkylation sites (N-methyl/N-ethyl adjacent to an activating group) is 1. The van der Waals surface area contributed by atoms with Crippen molar-refractivity contribution < 1.29 is 17.9 Å². The minimum Gasteiger partial charge on any atom is -0.484 e. The maximum Gasteiger partial charge on any atom is 0.257 e. The predicted octanol–water partition coefficient (Wildman–Crippen LogP) is 0.135. The van der Waals surface area contributed by atoms with Gasteiger partial charge in [-0.15, -0.1) is 0 Å². The minimum atomic E-state index is -3.20. The molecule has 130 valence electrons. The summed E-state index contributed by atoms with van der Waals surface area (Å²) in [5, 5.41) is 2.76. The summed E-state index contributed by atoms with van der Waals surface area (Å²) in [6, 6.07) is 7.00. The van der Waals surface area contributed by atoms with Crippen molar-refractivity contribution in [3.8, 4) is 5.75 Å². The van der Waals surface area contributed by atoms with Crippen molar-refractivity contribution in [3.63, 3.8) is 0 Å². The van der Waals surface area contributed by atoms with Crippen LogP contribution in [0.25, 0.3) is 0 Å². The first-order valence-electron chi connectivity index (χ1n) is 7.23. The zero-order chi connectivity index (χ0) is 17.5. The van der Waals surface area contributed by atoms with Gasteiger partial charge < -0.3 is 15.0 Å². The van der Waals surface area contributed by atoms with Crippen LogP contribution < -0.4 is 10.1 Å². The van der Waals surface area contributed by atoms with E-state index in [1.54, 1.807) is 24.3 Å². The van der Waals surface area contributed by atoms with Gasteiger partial charge in [0.15, 0.2) is 6.61 Å². The normalized spacial score (nSPS) is 11.7. The Kier molecular flexibility index (Phi) is 7.47. The van der Waals surface area contributed by atoms with Crippen molar-refractivity contribution in [3.05, 3.63) is 29.8 Å². The van der Waals surface area contributed by atoms with E-state index in [0.717, 1.165) is 12.1 Å². The van der Waals surface area contributed by atoms with E-state index in [0.29, 0.717) is 18.8 Å². The number of hydrogen-bond acceptors (Lipinski definition) is 5. The molecule has 1 N–H and O–H groups in total. The number of benzene rings is 1. The van der Waals surface area contributed by atoms with Gasteiger partial charge in [-0.25, -0.2) is 12.7 Å². The maximum atomic E-state index is 11.6. The zero-order valence-corrected chi connectivity index (χ0v) is 14.9. The van der Waals surface area contributed by atoms with Crippen LogP contribution in [-0.2, 0) is 21.4 Å². The van der Waals surface area contributed by atoms with Crippen LogP contribution in [0.15, 0.2) is 24.3 Å². The van der Waals surface area contributed by atoms with E-state index in [1.165, 1.54) is 17.6 Å². The molecule has 7 nitrogen and oxygen atoms in total. The van der Waals surface area contributed by atoms with Gasteiger partial charge in [-0.1, -0.05) is 12.1 Å². The lowest BCUT2D eigenvalue weighted by Crippen LogP contribution is -2.34. The van der Waals surface area contributed by atoms with Crippen LogP contribution in [0.5, 0.6) is 5.75 Å².